The van der Waals surface area contributed by atoms with Gasteiger partial charge in [-0.25, -0.2) is 0 Å². The third kappa shape index (κ3) is 5.29. The summed E-state index contributed by atoms with van der Waals surface area (Å²) in [4.78, 5) is 2.37. The van der Waals surface area contributed by atoms with Crippen LogP contribution in [0.5, 0.6) is 0 Å². The van der Waals surface area contributed by atoms with Crippen molar-refractivity contribution >= 4 is 82.4 Å². The summed E-state index contributed by atoms with van der Waals surface area (Å²) in [5, 5.41) is 9.72. The van der Waals surface area contributed by atoms with Gasteiger partial charge in [0, 0.05) is 44.2 Å². The second-order valence-corrected chi connectivity index (χ2v) is 15.3. The topological polar surface area (TPSA) is 21.3 Å². The molecule has 12 aromatic rings. The van der Waals surface area contributed by atoms with Crippen molar-refractivity contribution in [1.82, 2.24) is 4.57 Å². The molecular weight excluding hydrogens is 717 g/mol. The molecule has 0 aliphatic rings. The van der Waals surface area contributed by atoms with Crippen LogP contribution in [0.25, 0.3) is 93.2 Å². The maximum absolute atomic E-state index is 6.89. The molecule has 0 radical (unpaired) electrons. The summed E-state index contributed by atoms with van der Waals surface area (Å²) < 4.78 is 9.27. The molecule has 0 aliphatic heterocycles. The molecule has 0 spiro atoms. The monoisotopic (exact) mass is 752 g/mol. The molecule has 0 fully saturated rings. The lowest BCUT2D eigenvalue weighted by molar-refractivity contribution is 0.670. The van der Waals surface area contributed by atoms with Gasteiger partial charge < -0.3 is 13.9 Å². The van der Waals surface area contributed by atoms with Gasteiger partial charge in [0.1, 0.15) is 11.2 Å². The fourth-order valence-corrected chi connectivity index (χ4v) is 9.33. The highest BCUT2D eigenvalue weighted by molar-refractivity contribution is 6.15. The molecule has 276 valence electrons. The van der Waals surface area contributed by atoms with Gasteiger partial charge in [0.05, 0.1) is 16.7 Å². The third-order valence-electron chi connectivity index (χ3n) is 12.0. The summed E-state index contributed by atoms with van der Waals surface area (Å²) >= 11 is 0. The van der Waals surface area contributed by atoms with Gasteiger partial charge in [-0.15, -0.1) is 0 Å². The maximum Gasteiger partial charge on any atom is 0.145 e. The predicted molar refractivity (Wildman–Crippen MR) is 249 cm³/mol. The van der Waals surface area contributed by atoms with E-state index in [9.17, 15) is 0 Å². The molecule has 0 saturated carbocycles. The molecular formula is C56H36N2O. The van der Waals surface area contributed by atoms with E-state index in [1.54, 1.807) is 0 Å². The van der Waals surface area contributed by atoms with Crippen LogP contribution in [0, 0.1) is 0 Å². The molecule has 0 unspecified atom stereocenters. The lowest BCUT2D eigenvalue weighted by atomic mass is 9.94. The highest BCUT2D eigenvalue weighted by Gasteiger charge is 2.24. The van der Waals surface area contributed by atoms with Crippen molar-refractivity contribution in [2.45, 2.75) is 0 Å². The van der Waals surface area contributed by atoms with Gasteiger partial charge in [-0.1, -0.05) is 152 Å². The van der Waals surface area contributed by atoms with Gasteiger partial charge in [-0.3, -0.25) is 0 Å². The maximum atomic E-state index is 6.89. The van der Waals surface area contributed by atoms with Crippen LogP contribution in [0.4, 0.5) is 17.1 Å². The Bertz CT molecular complexity index is 3500. The number of para-hydroxylation sites is 4. The second-order valence-electron chi connectivity index (χ2n) is 15.3. The normalized spacial score (nSPS) is 11.7. The molecule has 0 bridgehead atoms. The first-order chi connectivity index (χ1) is 29.3. The first-order valence-corrected chi connectivity index (χ1v) is 20.2. The van der Waals surface area contributed by atoms with E-state index in [0.29, 0.717) is 0 Å². The number of benzene rings is 10. The van der Waals surface area contributed by atoms with E-state index in [-0.39, 0.29) is 0 Å². The summed E-state index contributed by atoms with van der Waals surface area (Å²) in [6.45, 7) is 0. The largest absolute Gasteiger partial charge is 0.455 e. The SMILES string of the molecule is c1ccc(N(c2ccc(-c3cccc4c3ccc3ccccc34)cc2)c2ccc3c(oc4ccccc43)c2-c2cccc(-n3c4ccccc4c4ccccc43)c2)cc1. The van der Waals surface area contributed by atoms with Crippen molar-refractivity contribution in [2.75, 3.05) is 4.90 Å². The molecule has 2 aromatic heterocycles. The van der Waals surface area contributed by atoms with Crippen molar-refractivity contribution in [3.63, 3.8) is 0 Å². The van der Waals surface area contributed by atoms with Crippen LogP contribution in [0.1, 0.15) is 0 Å². The molecule has 3 nitrogen and oxygen atoms in total. The number of anilines is 3. The zero-order chi connectivity index (χ0) is 38.9. The molecule has 3 heteroatoms. The second kappa shape index (κ2) is 13.4. The van der Waals surface area contributed by atoms with Crippen LogP contribution in [0.15, 0.2) is 223 Å². The first kappa shape index (κ1) is 33.3. The predicted octanol–water partition coefficient (Wildman–Crippen LogP) is 15.8. The number of fused-ring (bicyclic) bond motifs is 9. The molecule has 12 rings (SSSR count). The first-order valence-electron chi connectivity index (χ1n) is 20.2. The average molecular weight is 753 g/mol. The van der Waals surface area contributed by atoms with Gasteiger partial charge in [-0.05, 0) is 105 Å². The number of aromatic nitrogens is 1. The van der Waals surface area contributed by atoms with Crippen LogP contribution < -0.4 is 4.90 Å². The zero-order valence-corrected chi connectivity index (χ0v) is 32.1. The number of rotatable bonds is 6. The molecule has 2 heterocycles. The molecule has 10 aromatic carbocycles. The van der Waals surface area contributed by atoms with Crippen molar-refractivity contribution in [3.05, 3.63) is 218 Å². The van der Waals surface area contributed by atoms with Gasteiger partial charge in [-0.2, -0.15) is 0 Å². The van der Waals surface area contributed by atoms with Crippen LogP contribution in [0.2, 0.25) is 0 Å². The number of hydrogen-bond donors (Lipinski definition) is 0. The molecule has 0 saturated heterocycles. The summed E-state index contributed by atoms with van der Waals surface area (Å²) in [6, 6.07) is 78.6. The lowest BCUT2D eigenvalue weighted by Crippen LogP contribution is -2.11. The zero-order valence-electron chi connectivity index (χ0n) is 32.1. The molecule has 0 atom stereocenters. The number of hydrogen-bond acceptors (Lipinski definition) is 2. The molecule has 0 N–H and O–H groups in total. The summed E-state index contributed by atoms with van der Waals surface area (Å²) in [5.41, 5.74) is 12.8. The Morgan fingerprint density at radius 2 is 1.00 bits per heavy atom. The fraction of sp³-hybridized carbons (Fsp3) is 0. The van der Waals surface area contributed by atoms with Crippen molar-refractivity contribution in [3.8, 4) is 27.9 Å². The van der Waals surface area contributed by atoms with E-state index in [0.717, 1.165) is 55.8 Å². The molecule has 0 amide bonds. The smallest absolute Gasteiger partial charge is 0.145 e. The minimum Gasteiger partial charge on any atom is -0.455 e. The summed E-state index contributed by atoms with van der Waals surface area (Å²) in [7, 11) is 0. The fourth-order valence-electron chi connectivity index (χ4n) is 9.33. The van der Waals surface area contributed by atoms with E-state index in [1.165, 1.54) is 54.5 Å². The van der Waals surface area contributed by atoms with Crippen LogP contribution >= 0.6 is 0 Å². The standard InChI is InChI=1S/C56H36N2O/c1-2-16-40(17-3-1)57(41-31-28-38(29-32-41)44-23-13-24-45-43-19-5-4-14-37(43)30-33-46(44)45)53-35-34-50-49-22-8-11-27-54(49)59-56(50)55(53)39-15-12-18-42(36-39)58-51-25-9-6-20-47(51)48-21-7-10-26-52(48)58/h1-36H. The number of furan rings is 1. The van der Waals surface area contributed by atoms with Gasteiger partial charge >= 0.3 is 0 Å². The minimum atomic E-state index is 0.864. The minimum absolute atomic E-state index is 0.864. The summed E-state index contributed by atoms with van der Waals surface area (Å²) in [6.07, 6.45) is 0. The molecule has 0 aliphatic carbocycles. The Labute approximate surface area is 341 Å². The van der Waals surface area contributed by atoms with E-state index < -0.39 is 0 Å². The van der Waals surface area contributed by atoms with Gasteiger partial charge in [0.25, 0.3) is 0 Å². The van der Waals surface area contributed by atoms with E-state index in [2.05, 4.69) is 222 Å². The average Bonchev–Trinajstić information content (AvgIpc) is 3.85. The highest BCUT2D eigenvalue weighted by Crippen LogP contribution is 2.47. The molecule has 59 heavy (non-hydrogen) atoms. The Hall–Kier alpha value is -7.88. The van der Waals surface area contributed by atoms with Crippen LogP contribution in [0.3, 0.4) is 0 Å². The number of nitrogens with zero attached hydrogens (tertiary/aromatic N) is 2. The lowest BCUT2D eigenvalue weighted by Gasteiger charge is -2.28. The Morgan fingerprint density at radius 1 is 0.373 bits per heavy atom. The van der Waals surface area contributed by atoms with Crippen molar-refractivity contribution in [2.24, 2.45) is 0 Å². The van der Waals surface area contributed by atoms with Gasteiger partial charge in [0.2, 0.25) is 0 Å². The van der Waals surface area contributed by atoms with Crippen LogP contribution in [-0.4, -0.2) is 4.57 Å². The van der Waals surface area contributed by atoms with Crippen LogP contribution in [-0.2, 0) is 0 Å². The quantitative estimate of drug-likeness (QED) is 0.158. The Kier molecular flexibility index (Phi) is 7.54. The highest BCUT2D eigenvalue weighted by atomic mass is 16.3. The van der Waals surface area contributed by atoms with Crippen molar-refractivity contribution in [1.29, 1.82) is 0 Å². The summed E-state index contributed by atoms with van der Waals surface area (Å²) in [5.74, 6) is 0. The van der Waals surface area contributed by atoms with E-state index in [1.807, 2.05) is 6.07 Å². The Balaban J connectivity index is 1.07. The third-order valence-corrected chi connectivity index (χ3v) is 12.0. The van der Waals surface area contributed by atoms with E-state index >= 15 is 0 Å². The Morgan fingerprint density at radius 3 is 1.80 bits per heavy atom. The van der Waals surface area contributed by atoms with Crippen molar-refractivity contribution < 1.29 is 4.42 Å². The van der Waals surface area contributed by atoms with E-state index in [4.69, 9.17) is 4.42 Å². The van der Waals surface area contributed by atoms with Gasteiger partial charge in [0.15, 0.2) is 0 Å².